The number of methoxy groups -OCH3 is 1. The molecule has 7 N–H and O–H groups in total. The van der Waals surface area contributed by atoms with Gasteiger partial charge in [-0.3, -0.25) is 0 Å². The van der Waals surface area contributed by atoms with Gasteiger partial charge in [0.1, 0.15) is 35.5 Å². The quantitative estimate of drug-likeness (QED) is 0.156. The molecule has 10 heteroatoms. The van der Waals surface area contributed by atoms with E-state index in [9.17, 15) is 20.1 Å². The van der Waals surface area contributed by atoms with Crippen molar-refractivity contribution in [3.8, 4) is 0 Å². The number of rotatable bonds is 5. The lowest BCUT2D eigenvalue weighted by Gasteiger charge is -2.44. The Bertz CT molecular complexity index is 380. The molecule has 0 aromatic rings. The van der Waals surface area contributed by atoms with Crippen molar-refractivity contribution in [1.29, 1.82) is 0 Å². The van der Waals surface area contributed by atoms with Crippen molar-refractivity contribution in [2.75, 3.05) is 20.0 Å². The lowest BCUT2D eigenvalue weighted by Crippen LogP contribution is -2.64. The molecule has 5 atom stereocenters. The molecule has 1 fully saturated rings. The summed E-state index contributed by atoms with van der Waals surface area (Å²) < 4.78 is 9.78. The van der Waals surface area contributed by atoms with Gasteiger partial charge >= 0.3 is 5.97 Å². The zero-order chi connectivity index (χ0) is 16.2. The fourth-order valence-corrected chi connectivity index (χ4v) is 2.73. The van der Waals surface area contributed by atoms with Gasteiger partial charge in [-0.2, -0.15) is 0 Å². The first-order valence-corrected chi connectivity index (χ1v) is 7.40. The molecule has 0 bridgehead atoms. The standard InChI is InChI=1S/C11H21N3O6S/c1-19-10(18)5(12)3-14(13)7-8(16)6(4-15)20-11(21-2)9(7)17/h3,6-9,11,15-17H,4,12-13H2,1-2H3/b5-3-. The number of aliphatic hydroxyl groups excluding tert-OH is 3. The Morgan fingerprint density at radius 2 is 2.10 bits per heavy atom. The number of carbonyl (C=O) groups is 1. The van der Waals surface area contributed by atoms with E-state index in [0.717, 1.165) is 18.3 Å². The largest absolute Gasteiger partial charge is 0.464 e. The van der Waals surface area contributed by atoms with E-state index in [1.54, 1.807) is 6.26 Å². The molecule has 1 aliphatic rings. The van der Waals surface area contributed by atoms with Crippen molar-refractivity contribution in [1.82, 2.24) is 5.01 Å². The third-order valence-electron chi connectivity index (χ3n) is 3.13. The van der Waals surface area contributed by atoms with Gasteiger partial charge in [-0.25, -0.2) is 10.6 Å². The van der Waals surface area contributed by atoms with Crippen LogP contribution in [0.5, 0.6) is 0 Å². The van der Waals surface area contributed by atoms with Crippen LogP contribution in [0.2, 0.25) is 0 Å². The molecule has 0 saturated carbocycles. The molecule has 1 heterocycles. The minimum absolute atomic E-state index is 0.285. The second kappa shape index (κ2) is 7.82. The summed E-state index contributed by atoms with van der Waals surface area (Å²) in [6.07, 6.45) is -0.560. The molecule has 1 rings (SSSR count). The summed E-state index contributed by atoms with van der Waals surface area (Å²) in [6.45, 7) is -0.439. The van der Waals surface area contributed by atoms with E-state index >= 15 is 0 Å². The first kappa shape index (κ1) is 18.0. The molecule has 0 aromatic carbocycles. The summed E-state index contributed by atoms with van der Waals surface area (Å²) in [5, 5.41) is 30.5. The van der Waals surface area contributed by atoms with Crippen LogP contribution in [0.4, 0.5) is 0 Å². The summed E-state index contributed by atoms with van der Waals surface area (Å²) >= 11 is 1.21. The monoisotopic (exact) mass is 323 g/mol. The molecule has 0 aromatic heterocycles. The van der Waals surface area contributed by atoms with Gasteiger partial charge in [-0.1, -0.05) is 0 Å². The number of nitrogens with two attached hydrogens (primary N) is 2. The van der Waals surface area contributed by atoms with Gasteiger partial charge in [0.05, 0.1) is 13.7 Å². The zero-order valence-electron chi connectivity index (χ0n) is 11.7. The SMILES string of the molecule is COC(=O)/C(N)=C/N(N)C1C(O)C(CO)OC(SC)C1O. The highest BCUT2D eigenvalue weighted by Gasteiger charge is 2.46. The van der Waals surface area contributed by atoms with Crippen LogP contribution in [0.3, 0.4) is 0 Å². The number of nitrogens with zero attached hydrogens (tertiary/aromatic N) is 1. The average molecular weight is 323 g/mol. The topological polar surface area (TPSA) is 152 Å². The number of esters is 1. The molecule has 0 amide bonds. The molecule has 122 valence electrons. The number of hydrazine groups is 1. The average Bonchev–Trinajstić information content (AvgIpc) is 2.46. The summed E-state index contributed by atoms with van der Waals surface area (Å²) in [4.78, 5) is 11.2. The Kier molecular flexibility index (Phi) is 6.71. The smallest absolute Gasteiger partial charge is 0.355 e. The first-order valence-electron chi connectivity index (χ1n) is 6.11. The third-order valence-corrected chi connectivity index (χ3v) is 3.99. The Labute approximate surface area is 126 Å². The van der Waals surface area contributed by atoms with Crippen LogP contribution in [0.25, 0.3) is 0 Å². The highest BCUT2D eigenvalue weighted by Crippen LogP contribution is 2.29. The second-order valence-electron chi connectivity index (χ2n) is 4.46. The summed E-state index contributed by atoms with van der Waals surface area (Å²) in [5.41, 5.74) is 4.51. The van der Waals surface area contributed by atoms with E-state index in [0.29, 0.717) is 0 Å². The van der Waals surface area contributed by atoms with E-state index in [1.165, 1.54) is 11.8 Å². The molecular formula is C11H21N3O6S. The molecule has 0 radical (unpaired) electrons. The highest BCUT2D eigenvalue weighted by atomic mass is 32.2. The van der Waals surface area contributed by atoms with Crippen LogP contribution >= 0.6 is 11.8 Å². The van der Waals surface area contributed by atoms with Gasteiger partial charge in [-0.05, 0) is 6.26 Å². The highest BCUT2D eigenvalue weighted by molar-refractivity contribution is 7.99. The van der Waals surface area contributed by atoms with E-state index < -0.39 is 42.4 Å². The van der Waals surface area contributed by atoms with Crippen LogP contribution < -0.4 is 11.6 Å². The zero-order valence-corrected chi connectivity index (χ0v) is 12.6. The van der Waals surface area contributed by atoms with Gasteiger partial charge < -0.3 is 35.5 Å². The molecule has 0 aliphatic carbocycles. The molecule has 1 saturated heterocycles. The van der Waals surface area contributed by atoms with Gasteiger partial charge in [0, 0.05) is 6.20 Å². The van der Waals surface area contributed by atoms with E-state index in [4.69, 9.17) is 16.3 Å². The number of hydrogen-bond donors (Lipinski definition) is 5. The fourth-order valence-electron chi connectivity index (χ4n) is 2.03. The predicted octanol–water partition coefficient (Wildman–Crippen LogP) is -2.69. The van der Waals surface area contributed by atoms with Crippen molar-refractivity contribution < 1.29 is 29.6 Å². The van der Waals surface area contributed by atoms with Crippen molar-refractivity contribution in [2.45, 2.75) is 29.8 Å². The van der Waals surface area contributed by atoms with Crippen molar-refractivity contribution in [3.05, 3.63) is 11.9 Å². The molecule has 9 nitrogen and oxygen atoms in total. The third kappa shape index (κ3) is 3.99. The predicted molar refractivity (Wildman–Crippen MR) is 75.4 cm³/mol. The molecule has 5 unspecified atom stereocenters. The van der Waals surface area contributed by atoms with Crippen molar-refractivity contribution in [3.63, 3.8) is 0 Å². The van der Waals surface area contributed by atoms with E-state index in [-0.39, 0.29) is 5.70 Å². The number of carbonyl (C=O) groups excluding carboxylic acids is 1. The summed E-state index contributed by atoms with van der Waals surface area (Å²) in [6, 6.07) is -1.00. The van der Waals surface area contributed by atoms with Crippen molar-refractivity contribution >= 4 is 17.7 Å². The number of thioether (sulfide) groups is 1. The van der Waals surface area contributed by atoms with Crippen LogP contribution in [0, 0.1) is 0 Å². The van der Waals surface area contributed by atoms with Crippen molar-refractivity contribution in [2.24, 2.45) is 11.6 Å². The molecule has 1 aliphatic heterocycles. The minimum Gasteiger partial charge on any atom is -0.464 e. The first-order chi connectivity index (χ1) is 9.87. The van der Waals surface area contributed by atoms with Crippen LogP contribution in [-0.4, -0.2) is 76.1 Å². The van der Waals surface area contributed by atoms with Gasteiger partial charge in [-0.15, -0.1) is 11.8 Å². The Hall–Kier alpha value is -1.04. The number of aliphatic hydroxyl groups is 3. The normalized spacial score (nSPS) is 33.6. The minimum atomic E-state index is -1.26. The van der Waals surface area contributed by atoms with Crippen LogP contribution in [0.15, 0.2) is 11.9 Å². The molecule has 0 spiro atoms. The molecular weight excluding hydrogens is 302 g/mol. The maximum Gasteiger partial charge on any atom is 0.355 e. The fraction of sp³-hybridized carbons (Fsp3) is 0.727. The summed E-state index contributed by atoms with van der Waals surface area (Å²) in [5.74, 6) is 4.97. The Morgan fingerprint density at radius 3 is 2.57 bits per heavy atom. The lowest BCUT2D eigenvalue weighted by atomic mass is 9.97. The van der Waals surface area contributed by atoms with E-state index in [2.05, 4.69) is 4.74 Å². The van der Waals surface area contributed by atoms with E-state index in [1.807, 2.05) is 0 Å². The number of ether oxygens (including phenoxy) is 2. The lowest BCUT2D eigenvalue weighted by molar-refractivity contribution is -0.184. The maximum atomic E-state index is 11.2. The van der Waals surface area contributed by atoms with Gasteiger partial charge in [0.15, 0.2) is 0 Å². The Balaban J connectivity index is 2.97. The van der Waals surface area contributed by atoms with Crippen LogP contribution in [0.1, 0.15) is 0 Å². The van der Waals surface area contributed by atoms with Gasteiger partial charge in [0.25, 0.3) is 0 Å². The Morgan fingerprint density at radius 1 is 1.48 bits per heavy atom. The molecule has 21 heavy (non-hydrogen) atoms. The summed E-state index contributed by atoms with van der Waals surface area (Å²) in [7, 11) is 1.16. The maximum absolute atomic E-state index is 11.2. The van der Waals surface area contributed by atoms with Crippen LogP contribution in [-0.2, 0) is 14.3 Å². The number of hydrogen-bond acceptors (Lipinski definition) is 10. The second-order valence-corrected chi connectivity index (χ2v) is 5.39. The van der Waals surface area contributed by atoms with Gasteiger partial charge in [0.2, 0.25) is 0 Å².